The predicted octanol–water partition coefficient (Wildman–Crippen LogP) is 2.89. The number of benzene rings is 2. The molecule has 14 heteroatoms. The molecular formula is C35H42N10O4. The number of carbonyl (C=O) groups excluding carboxylic acids is 1. The summed E-state index contributed by atoms with van der Waals surface area (Å²) in [6.45, 7) is 6.24. The Labute approximate surface area is 284 Å². The van der Waals surface area contributed by atoms with Crippen LogP contribution < -0.4 is 10.6 Å². The summed E-state index contributed by atoms with van der Waals surface area (Å²) < 4.78 is 9.32. The lowest BCUT2D eigenvalue weighted by atomic mass is 9.91. The molecule has 1 amide bonds. The number of imidazole rings is 1. The first-order valence-electron chi connectivity index (χ1n) is 17.0. The molecule has 2 aliphatic rings. The van der Waals surface area contributed by atoms with Crippen molar-refractivity contribution >= 4 is 22.9 Å². The highest BCUT2D eigenvalue weighted by Crippen LogP contribution is 2.39. The van der Waals surface area contributed by atoms with E-state index in [1.165, 1.54) is 30.2 Å². The molecule has 2 aliphatic heterocycles. The van der Waals surface area contributed by atoms with Crippen LogP contribution in [0.1, 0.15) is 72.0 Å². The molecule has 0 radical (unpaired) electrons. The van der Waals surface area contributed by atoms with Gasteiger partial charge in [0, 0.05) is 32.1 Å². The van der Waals surface area contributed by atoms with E-state index in [9.17, 15) is 15.0 Å². The zero-order chi connectivity index (χ0) is 33.7. The molecule has 2 fully saturated rings. The average Bonchev–Trinajstić information content (AvgIpc) is 3.87. The van der Waals surface area contributed by atoms with Gasteiger partial charge in [0.05, 0.1) is 6.33 Å². The van der Waals surface area contributed by atoms with E-state index >= 15 is 0 Å². The number of ether oxygens (including phenoxy) is 1. The lowest BCUT2D eigenvalue weighted by molar-refractivity contribution is -0.0383. The van der Waals surface area contributed by atoms with Crippen LogP contribution in [0.3, 0.4) is 0 Å². The molecule has 2 saturated heterocycles. The fourth-order valence-electron chi connectivity index (χ4n) is 6.61. The number of rotatable bonds is 12. The molecule has 5 heterocycles. The number of piperidine rings is 1. The van der Waals surface area contributed by atoms with Gasteiger partial charge in [0.1, 0.15) is 18.5 Å². The van der Waals surface area contributed by atoms with Gasteiger partial charge in [0.15, 0.2) is 35.1 Å². The van der Waals surface area contributed by atoms with Crippen LogP contribution in [0.4, 0.5) is 5.82 Å². The third-order valence-corrected chi connectivity index (χ3v) is 9.31. The Morgan fingerprint density at radius 2 is 1.65 bits per heavy atom. The highest BCUT2D eigenvalue weighted by atomic mass is 16.6. The number of hydrogen-bond acceptors (Lipinski definition) is 11. The van der Waals surface area contributed by atoms with Crippen LogP contribution in [0.2, 0.25) is 0 Å². The molecule has 4 N–H and O–H groups in total. The third-order valence-electron chi connectivity index (χ3n) is 9.31. The van der Waals surface area contributed by atoms with Crippen LogP contribution in [-0.4, -0.2) is 100 Å². The Bertz CT molecular complexity index is 1800. The highest BCUT2D eigenvalue weighted by molar-refractivity contribution is 5.94. The smallest absolute Gasteiger partial charge is 0.289 e. The molecule has 5 aromatic rings. The second-order valence-electron chi connectivity index (χ2n) is 12.5. The van der Waals surface area contributed by atoms with Crippen molar-refractivity contribution in [1.29, 1.82) is 0 Å². The Kier molecular flexibility index (Phi) is 9.89. The molecular weight excluding hydrogens is 624 g/mol. The SMILES string of the molecule is CCn1cnc([C@H]2O[C@@H](n3cnc4c(NCC(c5ccccc5)c5ccccc5)nc(C(=O)NCCN5CCCCC5)nc43)[C@@H](O)[C@@H]2O)n1. The topological polar surface area (TPSA) is 168 Å². The molecule has 49 heavy (non-hydrogen) atoms. The van der Waals surface area contributed by atoms with Gasteiger partial charge in [-0.1, -0.05) is 67.1 Å². The molecule has 0 bridgehead atoms. The molecule has 14 nitrogen and oxygen atoms in total. The molecule has 256 valence electrons. The van der Waals surface area contributed by atoms with Gasteiger partial charge in [0.2, 0.25) is 5.82 Å². The zero-order valence-electron chi connectivity index (χ0n) is 27.5. The van der Waals surface area contributed by atoms with E-state index in [0.29, 0.717) is 31.0 Å². The summed E-state index contributed by atoms with van der Waals surface area (Å²) in [4.78, 5) is 34.1. The van der Waals surface area contributed by atoms with Crippen molar-refractivity contribution in [3.8, 4) is 0 Å². The van der Waals surface area contributed by atoms with Crippen molar-refractivity contribution in [3.05, 3.63) is 96.1 Å². The maximum Gasteiger partial charge on any atom is 0.289 e. The van der Waals surface area contributed by atoms with Crippen LogP contribution in [-0.2, 0) is 11.3 Å². The molecule has 4 atom stereocenters. The second kappa shape index (κ2) is 14.8. The fourth-order valence-corrected chi connectivity index (χ4v) is 6.61. The van der Waals surface area contributed by atoms with Crippen molar-refractivity contribution in [2.75, 3.05) is 38.0 Å². The Morgan fingerprint density at radius 1 is 0.939 bits per heavy atom. The number of likely N-dealkylation sites (tertiary alicyclic amines) is 1. The Morgan fingerprint density at radius 3 is 2.33 bits per heavy atom. The number of fused-ring (bicyclic) bond motifs is 1. The van der Waals surface area contributed by atoms with Crippen molar-refractivity contribution in [2.45, 2.75) is 63.2 Å². The fraction of sp³-hybridized carbons (Fsp3) is 0.429. The van der Waals surface area contributed by atoms with Gasteiger partial charge in [-0.15, -0.1) is 0 Å². The van der Waals surface area contributed by atoms with Gasteiger partial charge in [-0.2, -0.15) is 5.10 Å². The normalized spacial score (nSPS) is 21.4. The summed E-state index contributed by atoms with van der Waals surface area (Å²) in [5.74, 6) is 0.146. The summed E-state index contributed by atoms with van der Waals surface area (Å²) in [7, 11) is 0. The number of hydrogen-bond donors (Lipinski definition) is 4. The minimum Gasteiger partial charge on any atom is -0.387 e. The predicted molar refractivity (Wildman–Crippen MR) is 182 cm³/mol. The lowest BCUT2D eigenvalue weighted by Crippen LogP contribution is -2.38. The van der Waals surface area contributed by atoms with Crippen LogP contribution in [0, 0.1) is 0 Å². The zero-order valence-corrected chi connectivity index (χ0v) is 27.5. The number of amides is 1. The summed E-state index contributed by atoms with van der Waals surface area (Å²) in [6.07, 6.45) is 1.92. The number of aliphatic hydroxyl groups is 2. The number of aryl methyl sites for hydroxylation is 1. The number of aromatic nitrogens is 7. The standard InChI is InChI=1S/C35H42N10O4/c1-2-44-21-39-31(42-44)29-27(46)28(47)35(49-29)45-22-38-26-30(37-20-25(23-12-6-3-7-13-23)24-14-8-4-9-15-24)40-32(41-33(26)45)34(48)36-16-19-43-17-10-5-11-18-43/h3-4,6-9,12-15,21-22,25,27-29,35,46-47H,2,5,10-11,16-20H2,1H3,(H,36,48)(H,37,40,41)/t27-,28-,29-,35+/m0/s1. The minimum absolute atomic E-state index is 0.0253. The minimum atomic E-state index is -1.34. The van der Waals surface area contributed by atoms with Gasteiger partial charge in [-0.25, -0.2) is 19.9 Å². The van der Waals surface area contributed by atoms with Crippen molar-refractivity contribution < 1.29 is 19.7 Å². The van der Waals surface area contributed by atoms with E-state index in [4.69, 9.17) is 4.74 Å². The van der Waals surface area contributed by atoms with Gasteiger partial charge < -0.3 is 30.5 Å². The third kappa shape index (κ3) is 7.04. The van der Waals surface area contributed by atoms with E-state index in [1.54, 1.807) is 11.0 Å². The van der Waals surface area contributed by atoms with E-state index in [1.807, 2.05) is 43.3 Å². The molecule has 0 spiro atoms. The van der Waals surface area contributed by atoms with Gasteiger partial charge in [-0.05, 0) is 44.0 Å². The van der Waals surface area contributed by atoms with E-state index in [2.05, 4.69) is 64.8 Å². The van der Waals surface area contributed by atoms with Crippen LogP contribution >= 0.6 is 0 Å². The summed E-state index contributed by atoms with van der Waals surface area (Å²) >= 11 is 0. The monoisotopic (exact) mass is 666 g/mol. The average molecular weight is 667 g/mol. The van der Waals surface area contributed by atoms with Gasteiger partial charge >= 0.3 is 0 Å². The quantitative estimate of drug-likeness (QED) is 0.155. The first-order chi connectivity index (χ1) is 24.0. The first-order valence-corrected chi connectivity index (χ1v) is 17.0. The number of anilines is 1. The lowest BCUT2D eigenvalue weighted by Gasteiger charge is -2.26. The van der Waals surface area contributed by atoms with Crippen molar-refractivity contribution in [3.63, 3.8) is 0 Å². The van der Waals surface area contributed by atoms with Crippen molar-refractivity contribution in [1.82, 2.24) is 44.5 Å². The second-order valence-corrected chi connectivity index (χ2v) is 12.5. The molecule has 7 rings (SSSR count). The molecule has 2 aromatic carbocycles. The first kappa shape index (κ1) is 32.8. The number of carbonyl (C=O) groups is 1. The largest absolute Gasteiger partial charge is 0.387 e. The molecule has 3 aromatic heterocycles. The highest BCUT2D eigenvalue weighted by Gasteiger charge is 2.47. The summed E-state index contributed by atoms with van der Waals surface area (Å²) in [6, 6.07) is 20.4. The molecule has 0 unspecified atom stereocenters. The number of nitrogens with zero attached hydrogens (tertiary/aromatic N) is 8. The maximum atomic E-state index is 13.6. The van der Waals surface area contributed by atoms with Gasteiger partial charge in [0.25, 0.3) is 5.91 Å². The Hall–Kier alpha value is -4.76. The van der Waals surface area contributed by atoms with E-state index in [-0.39, 0.29) is 23.2 Å². The number of aliphatic hydroxyl groups excluding tert-OH is 2. The van der Waals surface area contributed by atoms with Crippen LogP contribution in [0.15, 0.2) is 73.3 Å². The molecule has 0 saturated carbocycles. The molecule has 0 aliphatic carbocycles. The van der Waals surface area contributed by atoms with Gasteiger partial charge in [-0.3, -0.25) is 14.0 Å². The summed E-state index contributed by atoms with van der Waals surface area (Å²) in [5.41, 5.74) is 2.91. The van der Waals surface area contributed by atoms with Crippen LogP contribution in [0.25, 0.3) is 11.2 Å². The number of nitrogens with one attached hydrogen (secondary N) is 2. The van der Waals surface area contributed by atoms with E-state index in [0.717, 1.165) is 30.8 Å². The van der Waals surface area contributed by atoms with Crippen molar-refractivity contribution in [2.24, 2.45) is 0 Å². The van der Waals surface area contributed by atoms with E-state index < -0.39 is 30.4 Å². The Balaban J connectivity index is 1.20. The maximum absolute atomic E-state index is 13.6. The van der Waals surface area contributed by atoms with Crippen LogP contribution in [0.5, 0.6) is 0 Å². The summed E-state index contributed by atoms with van der Waals surface area (Å²) in [5, 5.41) is 33.0.